The molecule has 0 saturated heterocycles. The first-order valence-corrected chi connectivity index (χ1v) is 6.98. The van der Waals surface area contributed by atoms with E-state index in [9.17, 15) is 4.79 Å². The van der Waals surface area contributed by atoms with Gasteiger partial charge in [-0.1, -0.05) is 48.5 Å². The molecular weight excluding hydrogens is 262 g/mol. The van der Waals surface area contributed by atoms with Crippen LogP contribution < -0.4 is 5.32 Å². The molecule has 0 bridgehead atoms. The van der Waals surface area contributed by atoms with Gasteiger partial charge in [-0.05, 0) is 31.5 Å². The topological polar surface area (TPSA) is 38.3 Å². The molecule has 0 aliphatic carbocycles. The van der Waals surface area contributed by atoms with Crippen LogP contribution in [0.4, 0.5) is 5.69 Å². The van der Waals surface area contributed by atoms with Crippen molar-refractivity contribution in [1.82, 2.24) is 0 Å². The van der Waals surface area contributed by atoms with Gasteiger partial charge in [0, 0.05) is 5.69 Å². The smallest absolute Gasteiger partial charge is 0.335 e. The largest absolute Gasteiger partial charge is 0.463 e. The van der Waals surface area contributed by atoms with Gasteiger partial charge in [-0.3, -0.25) is 0 Å². The summed E-state index contributed by atoms with van der Waals surface area (Å²) in [5, 5.41) is 3.31. The molecule has 21 heavy (non-hydrogen) atoms. The highest BCUT2D eigenvalue weighted by Crippen LogP contribution is 2.22. The second-order valence-corrected chi connectivity index (χ2v) is 4.58. The normalized spacial score (nSPS) is 11.5. The lowest BCUT2D eigenvalue weighted by atomic mass is 10.1. The molecule has 1 N–H and O–H groups in total. The van der Waals surface area contributed by atoms with E-state index in [1.807, 2.05) is 60.7 Å². The molecule has 0 aliphatic heterocycles. The van der Waals surface area contributed by atoms with E-state index in [0.29, 0.717) is 12.2 Å². The molecule has 0 fully saturated rings. The maximum absolute atomic E-state index is 12.0. The molecule has 0 saturated carbocycles. The van der Waals surface area contributed by atoms with Crippen LogP contribution in [0.25, 0.3) is 5.70 Å². The van der Waals surface area contributed by atoms with E-state index in [2.05, 4.69) is 5.32 Å². The summed E-state index contributed by atoms with van der Waals surface area (Å²) in [6.45, 7) is 3.94. The first kappa shape index (κ1) is 14.9. The molecule has 0 radical (unpaired) electrons. The Bertz CT molecular complexity index is 618. The van der Waals surface area contributed by atoms with E-state index >= 15 is 0 Å². The zero-order valence-electron chi connectivity index (χ0n) is 12.3. The number of rotatable bonds is 5. The van der Waals surface area contributed by atoms with Gasteiger partial charge in [0.2, 0.25) is 0 Å². The molecular formula is C18H19NO2. The SMILES string of the molecule is CCOC(=O)/C(C)=C(\Nc1ccccc1)c1ccccc1. The molecule has 2 aromatic carbocycles. The first-order valence-electron chi connectivity index (χ1n) is 6.98. The van der Waals surface area contributed by atoms with E-state index in [1.54, 1.807) is 13.8 Å². The summed E-state index contributed by atoms with van der Waals surface area (Å²) in [5.41, 5.74) is 3.21. The molecule has 0 aromatic heterocycles. The van der Waals surface area contributed by atoms with Gasteiger partial charge >= 0.3 is 5.97 Å². The van der Waals surface area contributed by atoms with Gasteiger partial charge in [0.05, 0.1) is 17.9 Å². The van der Waals surface area contributed by atoms with Crippen molar-refractivity contribution in [2.75, 3.05) is 11.9 Å². The van der Waals surface area contributed by atoms with Crippen molar-refractivity contribution in [2.24, 2.45) is 0 Å². The van der Waals surface area contributed by atoms with Crippen LogP contribution in [0.3, 0.4) is 0 Å². The maximum Gasteiger partial charge on any atom is 0.335 e. The summed E-state index contributed by atoms with van der Waals surface area (Å²) >= 11 is 0. The van der Waals surface area contributed by atoms with Crippen molar-refractivity contribution < 1.29 is 9.53 Å². The van der Waals surface area contributed by atoms with Gasteiger partial charge in [-0.15, -0.1) is 0 Å². The highest BCUT2D eigenvalue weighted by Gasteiger charge is 2.13. The van der Waals surface area contributed by atoms with Crippen molar-refractivity contribution in [3.8, 4) is 0 Å². The second-order valence-electron chi connectivity index (χ2n) is 4.58. The summed E-state index contributed by atoms with van der Waals surface area (Å²) in [4.78, 5) is 12.0. The molecule has 0 spiro atoms. The van der Waals surface area contributed by atoms with E-state index in [4.69, 9.17) is 4.74 Å². The maximum atomic E-state index is 12.0. The van der Waals surface area contributed by atoms with Gasteiger partial charge in [0.25, 0.3) is 0 Å². The highest BCUT2D eigenvalue weighted by atomic mass is 16.5. The fourth-order valence-corrected chi connectivity index (χ4v) is 1.99. The highest BCUT2D eigenvalue weighted by molar-refractivity contribution is 5.99. The molecule has 0 unspecified atom stereocenters. The molecule has 0 aliphatic rings. The Morgan fingerprint density at radius 3 is 2.14 bits per heavy atom. The van der Waals surface area contributed by atoms with Gasteiger partial charge in [-0.2, -0.15) is 0 Å². The Balaban J connectivity index is 2.40. The van der Waals surface area contributed by atoms with Gasteiger partial charge < -0.3 is 10.1 Å². The number of para-hydroxylation sites is 1. The summed E-state index contributed by atoms with van der Waals surface area (Å²) in [6.07, 6.45) is 0. The number of nitrogens with one attached hydrogen (secondary N) is 1. The minimum absolute atomic E-state index is 0.306. The predicted molar refractivity (Wildman–Crippen MR) is 85.7 cm³/mol. The molecule has 0 amide bonds. The Labute approximate surface area is 125 Å². The monoisotopic (exact) mass is 281 g/mol. The van der Waals surface area contributed by atoms with E-state index < -0.39 is 0 Å². The molecule has 3 nitrogen and oxygen atoms in total. The van der Waals surface area contributed by atoms with Gasteiger partial charge in [-0.25, -0.2) is 4.79 Å². The zero-order chi connectivity index (χ0) is 15.1. The predicted octanol–water partition coefficient (Wildman–Crippen LogP) is 4.09. The Morgan fingerprint density at radius 2 is 1.57 bits per heavy atom. The average Bonchev–Trinajstić information content (AvgIpc) is 2.54. The molecule has 108 valence electrons. The van der Waals surface area contributed by atoms with Crippen LogP contribution in [0.15, 0.2) is 66.2 Å². The Hall–Kier alpha value is -2.55. The second kappa shape index (κ2) is 7.29. The van der Waals surface area contributed by atoms with Crippen LogP contribution in [0, 0.1) is 0 Å². The number of carbonyl (C=O) groups is 1. The fourth-order valence-electron chi connectivity index (χ4n) is 1.99. The number of hydrogen-bond donors (Lipinski definition) is 1. The lowest BCUT2D eigenvalue weighted by molar-refractivity contribution is -0.138. The van der Waals surface area contributed by atoms with Gasteiger partial charge in [0.1, 0.15) is 0 Å². The summed E-state index contributed by atoms with van der Waals surface area (Å²) in [5.74, 6) is -0.306. The quantitative estimate of drug-likeness (QED) is 0.662. The van der Waals surface area contributed by atoms with Crippen LogP contribution >= 0.6 is 0 Å². The molecule has 0 atom stereocenters. The van der Waals surface area contributed by atoms with Crippen molar-refractivity contribution in [2.45, 2.75) is 13.8 Å². The van der Waals surface area contributed by atoms with Crippen molar-refractivity contribution in [3.63, 3.8) is 0 Å². The van der Waals surface area contributed by atoms with E-state index in [1.165, 1.54) is 0 Å². The number of esters is 1. The van der Waals surface area contributed by atoms with Crippen LogP contribution in [0.2, 0.25) is 0 Å². The van der Waals surface area contributed by atoms with E-state index in [-0.39, 0.29) is 5.97 Å². The molecule has 3 heteroatoms. The number of hydrogen-bond acceptors (Lipinski definition) is 3. The Morgan fingerprint density at radius 1 is 1.00 bits per heavy atom. The van der Waals surface area contributed by atoms with Crippen molar-refractivity contribution in [3.05, 3.63) is 71.8 Å². The molecule has 2 aromatic rings. The first-order chi connectivity index (χ1) is 10.2. The number of ether oxygens (including phenoxy) is 1. The van der Waals surface area contributed by atoms with Gasteiger partial charge in [0.15, 0.2) is 0 Å². The van der Waals surface area contributed by atoms with Crippen LogP contribution in [-0.2, 0) is 9.53 Å². The third-order valence-corrected chi connectivity index (χ3v) is 3.06. The number of anilines is 1. The number of carbonyl (C=O) groups excluding carboxylic acids is 1. The lowest BCUT2D eigenvalue weighted by Crippen LogP contribution is -2.11. The van der Waals surface area contributed by atoms with Crippen molar-refractivity contribution >= 4 is 17.4 Å². The standard InChI is InChI=1S/C18H19NO2/c1-3-21-18(20)14(2)17(15-10-6-4-7-11-15)19-16-12-8-5-9-13-16/h4-13,19H,3H2,1-2H3/b17-14-. The lowest BCUT2D eigenvalue weighted by Gasteiger charge is -2.15. The summed E-state index contributed by atoms with van der Waals surface area (Å²) in [6, 6.07) is 19.5. The average molecular weight is 281 g/mol. The summed E-state index contributed by atoms with van der Waals surface area (Å²) in [7, 11) is 0. The zero-order valence-corrected chi connectivity index (χ0v) is 12.3. The summed E-state index contributed by atoms with van der Waals surface area (Å²) < 4.78 is 5.11. The fraction of sp³-hybridized carbons (Fsp3) is 0.167. The third-order valence-electron chi connectivity index (χ3n) is 3.06. The Kier molecular flexibility index (Phi) is 5.16. The van der Waals surface area contributed by atoms with E-state index in [0.717, 1.165) is 16.9 Å². The number of benzene rings is 2. The third kappa shape index (κ3) is 3.96. The van der Waals surface area contributed by atoms with Crippen molar-refractivity contribution in [1.29, 1.82) is 0 Å². The molecule has 0 heterocycles. The van der Waals surface area contributed by atoms with Crippen LogP contribution in [-0.4, -0.2) is 12.6 Å². The van der Waals surface area contributed by atoms with Crippen LogP contribution in [0.1, 0.15) is 19.4 Å². The van der Waals surface area contributed by atoms with Crippen LogP contribution in [0.5, 0.6) is 0 Å². The minimum atomic E-state index is -0.306. The molecule has 2 rings (SSSR count). The minimum Gasteiger partial charge on any atom is -0.463 e.